The Hall–Kier alpha value is -3.49. The molecular formula is C26H27ClN6O2. The number of nitrogens with one attached hydrogen (secondary N) is 3. The van der Waals surface area contributed by atoms with Gasteiger partial charge in [0.1, 0.15) is 0 Å². The highest BCUT2D eigenvalue weighted by Gasteiger charge is 2.21. The second-order valence-corrected chi connectivity index (χ2v) is 9.28. The molecule has 0 aliphatic carbocycles. The molecule has 0 unspecified atom stereocenters. The monoisotopic (exact) mass is 490 g/mol. The summed E-state index contributed by atoms with van der Waals surface area (Å²) >= 11 is 6.11. The lowest BCUT2D eigenvalue weighted by atomic mass is 10.1. The number of halogens is 1. The maximum absolute atomic E-state index is 12.5. The highest BCUT2D eigenvalue weighted by Crippen LogP contribution is 2.34. The number of carbonyl (C=O) groups is 2. The molecule has 1 fully saturated rings. The molecule has 8 nitrogen and oxygen atoms in total. The fourth-order valence-corrected chi connectivity index (χ4v) is 4.64. The number of aromatic nitrogens is 2. The fraction of sp³-hybridized carbons (Fsp3) is 0.308. The minimum absolute atomic E-state index is 0.0771. The molecule has 180 valence electrons. The first-order chi connectivity index (χ1) is 17.0. The minimum Gasteiger partial charge on any atom is -0.352 e. The van der Waals surface area contributed by atoms with Gasteiger partial charge in [0.05, 0.1) is 17.8 Å². The Labute approximate surface area is 209 Å². The van der Waals surface area contributed by atoms with Crippen molar-refractivity contribution in [1.29, 1.82) is 0 Å². The second kappa shape index (κ2) is 10.4. The highest BCUT2D eigenvalue weighted by molar-refractivity contribution is 6.31. The SMILES string of the molecule is O=C1Cc2cnc(Nc3ccc(C(=O)NCCCN4CCCC4)cc3)nc2-c2ccc(Cl)cc2N1. The van der Waals surface area contributed by atoms with Crippen molar-refractivity contribution >= 4 is 40.7 Å². The molecule has 0 atom stereocenters. The Kier molecular flexibility index (Phi) is 6.92. The number of hydrogen-bond donors (Lipinski definition) is 3. The first kappa shape index (κ1) is 23.3. The van der Waals surface area contributed by atoms with E-state index in [0.717, 1.165) is 29.8 Å². The first-order valence-electron chi connectivity index (χ1n) is 11.9. The van der Waals surface area contributed by atoms with E-state index in [1.54, 1.807) is 30.5 Å². The zero-order valence-corrected chi connectivity index (χ0v) is 20.1. The van der Waals surface area contributed by atoms with Gasteiger partial charge in [0.2, 0.25) is 11.9 Å². The molecule has 0 spiro atoms. The number of carbonyl (C=O) groups excluding carboxylic acids is 2. The Bertz CT molecular complexity index is 1240. The second-order valence-electron chi connectivity index (χ2n) is 8.84. The fourth-order valence-electron chi connectivity index (χ4n) is 4.47. The molecule has 3 aromatic rings. The van der Waals surface area contributed by atoms with Gasteiger partial charge < -0.3 is 20.9 Å². The molecule has 3 heterocycles. The van der Waals surface area contributed by atoms with Crippen LogP contribution < -0.4 is 16.0 Å². The van der Waals surface area contributed by atoms with Crippen LogP contribution in [0.15, 0.2) is 48.7 Å². The largest absolute Gasteiger partial charge is 0.352 e. The maximum atomic E-state index is 12.5. The van der Waals surface area contributed by atoms with Crippen LogP contribution in [0.5, 0.6) is 0 Å². The molecule has 1 saturated heterocycles. The molecule has 0 bridgehead atoms. The van der Waals surface area contributed by atoms with Crippen molar-refractivity contribution in [2.24, 2.45) is 0 Å². The highest BCUT2D eigenvalue weighted by atomic mass is 35.5. The Balaban J connectivity index is 1.23. The lowest BCUT2D eigenvalue weighted by molar-refractivity contribution is -0.115. The number of anilines is 3. The zero-order chi connectivity index (χ0) is 24.2. The van der Waals surface area contributed by atoms with Crippen molar-refractivity contribution in [3.05, 3.63) is 64.8 Å². The molecule has 5 rings (SSSR count). The van der Waals surface area contributed by atoms with Gasteiger partial charge >= 0.3 is 0 Å². The molecule has 35 heavy (non-hydrogen) atoms. The van der Waals surface area contributed by atoms with Crippen LogP contribution in [-0.4, -0.2) is 52.9 Å². The lowest BCUT2D eigenvalue weighted by Crippen LogP contribution is -2.28. The Morgan fingerprint density at radius 3 is 2.71 bits per heavy atom. The van der Waals surface area contributed by atoms with Crippen LogP contribution in [0.3, 0.4) is 0 Å². The van der Waals surface area contributed by atoms with E-state index < -0.39 is 0 Å². The van der Waals surface area contributed by atoms with Gasteiger partial charge in [-0.15, -0.1) is 0 Å². The summed E-state index contributed by atoms with van der Waals surface area (Å²) in [6.45, 7) is 4.05. The molecule has 0 saturated carbocycles. The number of hydrogen-bond acceptors (Lipinski definition) is 6. The number of nitrogens with zero attached hydrogens (tertiary/aromatic N) is 3. The lowest BCUT2D eigenvalue weighted by Gasteiger charge is -2.14. The van der Waals surface area contributed by atoms with E-state index in [2.05, 4.69) is 30.8 Å². The average Bonchev–Trinajstić information content (AvgIpc) is 3.32. The summed E-state index contributed by atoms with van der Waals surface area (Å²) in [5, 5.41) is 9.60. The van der Waals surface area contributed by atoms with Crippen molar-refractivity contribution in [2.45, 2.75) is 25.7 Å². The van der Waals surface area contributed by atoms with Crippen LogP contribution >= 0.6 is 11.6 Å². The molecule has 1 aromatic heterocycles. The van der Waals surface area contributed by atoms with Gasteiger partial charge in [-0.25, -0.2) is 9.97 Å². The topological polar surface area (TPSA) is 99.2 Å². The van der Waals surface area contributed by atoms with Gasteiger partial charge in [-0.05, 0) is 81.4 Å². The molecule has 2 aromatic carbocycles. The smallest absolute Gasteiger partial charge is 0.251 e. The maximum Gasteiger partial charge on any atom is 0.251 e. The summed E-state index contributed by atoms with van der Waals surface area (Å²) in [4.78, 5) is 36.2. The number of amides is 2. The van der Waals surface area contributed by atoms with Crippen LogP contribution in [0.25, 0.3) is 11.3 Å². The van der Waals surface area contributed by atoms with E-state index in [1.165, 1.54) is 25.9 Å². The summed E-state index contributed by atoms with van der Waals surface area (Å²) in [6.07, 6.45) is 5.36. The molecular weight excluding hydrogens is 464 g/mol. The van der Waals surface area contributed by atoms with E-state index in [9.17, 15) is 9.59 Å². The molecule has 0 radical (unpaired) electrons. The third kappa shape index (κ3) is 5.61. The van der Waals surface area contributed by atoms with Gasteiger partial charge in [-0.3, -0.25) is 9.59 Å². The van der Waals surface area contributed by atoms with Gasteiger partial charge in [0, 0.05) is 40.1 Å². The minimum atomic E-state index is -0.138. The van der Waals surface area contributed by atoms with Crippen LogP contribution in [0.2, 0.25) is 5.02 Å². The van der Waals surface area contributed by atoms with Crippen molar-refractivity contribution in [3.63, 3.8) is 0 Å². The third-order valence-corrected chi connectivity index (χ3v) is 6.50. The van der Waals surface area contributed by atoms with Crippen molar-refractivity contribution in [3.8, 4) is 11.3 Å². The molecule has 2 aliphatic rings. The third-order valence-electron chi connectivity index (χ3n) is 6.26. The standard InChI is InChI=1S/C26H27ClN6O2/c27-19-6-9-21-22(15-19)31-23(34)14-18-16-29-26(32-24(18)21)30-20-7-4-17(5-8-20)25(35)28-10-3-13-33-11-1-2-12-33/h4-9,15-16H,1-3,10-14H2,(H,28,35)(H,31,34)(H,29,30,32). The number of fused-ring (bicyclic) bond motifs is 3. The zero-order valence-electron chi connectivity index (χ0n) is 19.3. The van der Waals surface area contributed by atoms with Crippen LogP contribution in [0.1, 0.15) is 35.2 Å². The predicted molar refractivity (Wildman–Crippen MR) is 137 cm³/mol. The van der Waals surface area contributed by atoms with E-state index in [0.29, 0.717) is 34.5 Å². The van der Waals surface area contributed by atoms with E-state index >= 15 is 0 Å². The molecule has 3 N–H and O–H groups in total. The van der Waals surface area contributed by atoms with Crippen molar-refractivity contribution < 1.29 is 9.59 Å². The van der Waals surface area contributed by atoms with E-state index in [1.807, 2.05) is 18.2 Å². The van der Waals surface area contributed by atoms with E-state index in [-0.39, 0.29) is 18.2 Å². The molecule has 2 amide bonds. The quantitative estimate of drug-likeness (QED) is 0.428. The summed E-state index contributed by atoms with van der Waals surface area (Å²) in [7, 11) is 0. The Morgan fingerprint density at radius 2 is 1.91 bits per heavy atom. The van der Waals surface area contributed by atoms with Gasteiger partial charge in [0.25, 0.3) is 5.91 Å². The van der Waals surface area contributed by atoms with E-state index in [4.69, 9.17) is 11.6 Å². The summed E-state index contributed by atoms with van der Waals surface area (Å²) in [6, 6.07) is 12.5. The van der Waals surface area contributed by atoms with Crippen LogP contribution in [-0.2, 0) is 11.2 Å². The normalized spacial score (nSPS) is 15.1. The molecule has 2 aliphatic heterocycles. The summed E-state index contributed by atoms with van der Waals surface area (Å²) in [5.41, 5.74) is 4.20. The molecule has 9 heteroatoms. The number of benzene rings is 2. The summed E-state index contributed by atoms with van der Waals surface area (Å²) in [5.74, 6) is 0.186. The van der Waals surface area contributed by atoms with Crippen LogP contribution in [0, 0.1) is 0 Å². The van der Waals surface area contributed by atoms with Crippen molar-refractivity contribution in [2.75, 3.05) is 36.8 Å². The average molecular weight is 491 g/mol. The number of rotatable bonds is 7. The Morgan fingerprint density at radius 1 is 1.11 bits per heavy atom. The van der Waals surface area contributed by atoms with Gasteiger partial charge in [0.15, 0.2) is 0 Å². The van der Waals surface area contributed by atoms with Gasteiger partial charge in [-0.2, -0.15) is 0 Å². The van der Waals surface area contributed by atoms with Crippen LogP contribution in [0.4, 0.5) is 17.3 Å². The summed E-state index contributed by atoms with van der Waals surface area (Å²) < 4.78 is 0. The number of likely N-dealkylation sites (tertiary alicyclic amines) is 1. The van der Waals surface area contributed by atoms with Gasteiger partial charge in [-0.1, -0.05) is 11.6 Å². The predicted octanol–water partition coefficient (Wildman–Crippen LogP) is 4.25. The first-order valence-corrected chi connectivity index (χ1v) is 12.3. The van der Waals surface area contributed by atoms with Crippen molar-refractivity contribution in [1.82, 2.24) is 20.2 Å².